The van der Waals surface area contributed by atoms with E-state index in [0.29, 0.717) is 10.0 Å². The lowest BCUT2D eigenvalue weighted by molar-refractivity contribution is -0.183. The van der Waals surface area contributed by atoms with Gasteiger partial charge < -0.3 is 4.90 Å². The topological polar surface area (TPSA) is 20.3 Å². The normalized spacial score (nSPS) is 17.4. The Bertz CT molecular complexity index is 508. The van der Waals surface area contributed by atoms with Crippen molar-refractivity contribution >= 4 is 21.8 Å². The zero-order valence-corrected chi connectivity index (χ0v) is 12.6. The molecule has 0 atom stereocenters. The van der Waals surface area contributed by atoms with Crippen molar-refractivity contribution in [3.8, 4) is 0 Å². The number of hydrogen-bond acceptors (Lipinski definition) is 1. The smallest absolute Gasteiger partial charge is 0.339 e. The minimum atomic E-state index is -4.15. The van der Waals surface area contributed by atoms with E-state index in [1.807, 2.05) is 19.1 Å². The lowest BCUT2D eigenvalue weighted by atomic mass is 9.96. The van der Waals surface area contributed by atoms with Gasteiger partial charge in [-0.1, -0.05) is 6.07 Å². The summed E-state index contributed by atoms with van der Waals surface area (Å²) >= 11 is 3.33. The van der Waals surface area contributed by atoms with Crippen molar-refractivity contribution in [1.82, 2.24) is 4.90 Å². The number of hydrogen-bond donors (Lipinski definition) is 0. The molecule has 0 saturated carbocycles. The van der Waals surface area contributed by atoms with Crippen LogP contribution >= 0.6 is 15.9 Å². The van der Waals surface area contributed by atoms with Gasteiger partial charge in [-0.05, 0) is 53.4 Å². The first-order chi connectivity index (χ1) is 9.29. The molecule has 1 aromatic carbocycles. The minimum absolute atomic E-state index is 0.0152. The van der Waals surface area contributed by atoms with Crippen molar-refractivity contribution in [2.24, 2.45) is 5.92 Å². The molecule has 6 heteroatoms. The van der Waals surface area contributed by atoms with Crippen LogP contribution in [0.2, 0.25) is 0 Å². The summed E-state index contributed by atoms with van der Waals surface area (Å²) in [4.78, 5) is 13.8. The molecule has 0 N–H and O–H groups in total. The summed E-state index contributed by atoms with van der Waals surface area (Å²) in [5.74, 6) is -1.49. The van der Waals surface area contributed by atoms with Crippen LogP contribution in [0.5, 0.6) is 0 Å². The number of piperidine rings is 1. The van der Waals surface area contributed by atoms with Gasteiger partial charge in [-0.15, -0.1) is 0 Å². The van der Waals surface area contributed by atoms with Crippen molar-refractivity contribution in [2.45, 2.75) is 25.9 Å². The van der Waals surface area contributed by atoms with E-state index in [1.165, 1.54) is 4.90 Å². The highest BCUT2D eigenvalue weighted by molar-refractivity contribution is 9.10. The summed E-state index contributed by atoms with van der Waals surface area (Å²) in [5, 5.41) is 0. The van der Waals surface area contributed by atoms with Gasteiger partial charge in [0.25, 0.3) is 5.91 Å². The highest BCUT2D eigenvalue weighted by Gasteiger charge is 2.41. The molecule has 2 rings (SSSR count). The van der Waals surface area contributed by atoms with E-state index < -0.39 is 12.1 Å². The fraction of sp³-hybridized carbons (Fsp3) is 0.500. The van der Waals surface area contributed by atoms with E-state index in [9.17, 15) is 18.0 Å². The third-order valence-corrected chi connectivity index (χ3v) is 4.26. The molecule has 1 aliphatic rings. The Balaban J connectivity index is 2.05. The van der Waals surface area contributed by atoms with Crippen LogP contribution in [0.4, 0.5) is 13.2 Å². The Labute approximate surface area is 124 Å². The van der Waals surface area contributed by atoms with Crippen LogP contribution in [0, 0.1) is 12.8 Å². The van der Waals surface area contributed by atoms with Gasteiger partial charge in [0.1, 0.15) is 0 Å². The number of rotatable bonds is 1. The van der Waals surface area contributed by atoms with Crippen molar-refractivity contribution in [3.63, 3.8) is 0 Å². The van der Waals surface area contributed by atoms with Gasteiger partial charge in [-0.3, -0.25) is 4.79 Å². The largest absolute Gasteiger partial charge is 0.391 e. The molecule has 0 bridgehead atoms. The van der Waals surface area contributed by atoms with Crippen molar-refractivity contribution in [2.75, 3.05) is 13.1 Å². The molecule has 0 aliphatic carbocycles. The zero-order valence-electron chi connectivity index (χ0n) is 11.0. The second-order valence-corrected chi connectivity index (χ2v) is 5.95. The molecule has 1 heterocycles. The summed E-state index contributed by atoms with van der Waals surface area (Å²) in [6, 6.07) is 5.35. The third kappa shape index (κ3) is 3.34. The third-order valence-electron chi connectivity index (χ3n) is 3.60. The van der Waals surface area contributed by atoms with Crippen molar-refractivity contribution in [1.29, 1.82) is 0 Å². The van der Waals surface area contributed by atoms with E-state index in [1.54, 1.807) is 6.07 Å². The number of alkyl halides is 3. The predicted molar refractivity (Wildman–Crippen MR) is 73.6 cm³/mol. The number of halogens is 4. The van der Waals surface area contributed by atoms with E-state index in [2.05, 4.69) is 15.9 Å². The molecule has 1 amide bonds. The molecule has 1 aliphatic heterocycles. The van der Waals surface area contributed by atoms with Gasteiger partial charge in [0, 0.05) is 17.6 Å². The molecule has 0 radical (unpaired) electrons. The lowest BCUT2D eigenvalue weighted by Gasteiger charge is -2.33. The van der Waals surface area contributed by atoms with Gasteiger partial charge in [-0.25, -0.2) is 0 Å². The zero-order chi connectivity index (χ0) is 14.9. The standard InChI is InChI=1S/C14H15BrF3NO/c1-9-2-3-11(12(15)8-9)13(20)19-6-4-10(5-7-19)14(16,17)18/h2-3,8,10H,4-7H2,1H3. The fourth-order valence-corrected chi connectivity index (χ4v) is 3.04. The van der Waals surface area contributed by atoms with Crippen LogP contribution in [0.15, 0.2) is 22.7 Å². The SMILES string of the molecule is Cc1ccc(C(=O)N2CCC(C(F)(F)F)CC2)c(Br)c1. The Morgan fingerprint density at radius 3 is 2.40 bits per heavy atom. The number of nitrogens with zero attached hydrogens (tertiary/aromatic N) is 1. The maximum Gasteiger partial charge on any atom is 0.391 e. The first-order valence-corrected chi connectivity index (χ1v) is 7.20. The van der Waals surface area contributed by atoms with Crippen LogP contribution < -0.4 is 0 Å². The van der Waals surface area contributed by atoms with Crippen molar-refractivity contribution < 1.29 is 18.0 Å². The fourth-order valence-electron chi connectivity index (χ4n) is 2.37. The molecule has 1 fully saturated rings. The van der Waals surface area contributed by atoms with Gasteiger partial charge in [0.2, 0.25) is 0 Å². The highest BCUT2D eigenvalue weighted by atomic mass is 79.9. The number of benzene rings is 1. The molecule has 2 nitrogen and oxygen atoms in total. The first-order valence-electron chi connectivity index (χ1n) is 6.41. The van der Waals surface area contributed by atoms with E-state index in [-0.39, 0.29) is 31.8 Å². The minimum Gasteiger partial charge on any atom is -0.339 e. The van der Waals surface area contributed by atoms with E-state index >= 15 is 0 Å². The van der Waals surface area contributed by atoms with Crippen LogP contribution in [0.3, 0.4) is 0 Å². The number of carbonyl (C=O) groups is 1. The quantitative estimate of drug-likeness (QED) is 0.744. The average Bonchev–Trinajstić information content (AvgIpc) is 2.37. The average molecular weight is 350 g/mol. The van der Waals surface area contributed by atoms with Crippen LogP contribution in [0.1, 0.15) is 28.8 Å². The number of likely N-dealkylation sites (tertiary alicyclic amines) is 1. The highest BCUT2D eigenvalue weighted by Crippen LogP contribution is 2.34. The monoisotopic (exact) mass is 349 g/mol. The summed E-state index contributed by atoms with van der Waals surface area (Å²) in [6.45, 7) is 2.22. The first kappa shape index (κ1) is 15.4. The Morgan fingerprint density at radius 1 is 1.30 bits per heavy atom. The Morgan fingerprint density at radius 2 is 1.90 bits per heavy atom. The van der Waals surface area contributed by atoms with E-state index in [4.69, 9.17) is 0 Å². The molecule has 20 heavy (non-hydrogen) atoms. The van der Waals surface area contributed by atoms with Crippen LogP contribution in [0.25, 0.3) is 0 Å². The van der Waals surface area contributed by atoms with Gasteiger partial charge in [-0.2, -0.15) is 13.2 Å². The molecular weight excluding hydrogens is 335 g/mol. The molecule has 0 unspecified atom stereocenters. The molecule has 0 aromatic heterocycles. The summed E-state index contributed by atoms with van der Waals surface area (Å²) in [5.41, 5.74) is 1.52. The van der Waals surface area contributed by atoms with Crippen LogP contribution in [-0.4, -0.2) is 30.1 Å². The molecule has 1 saturated heterocycles. The van der Waals surface area contributed by atoms with Crippen LogP contribution in [-0.2, 0) is 0 Å². The molecular formula is C14H15BrF3NO. The van der Waals surface area contributed by atoms with Crippen molar-refractivity contribution in [3.05, 3.63) is 33.8 Å². The number of aryl methyl sites for hydroxylation is 1. The van der Waals surface area contributed by atoms with Gasteiger partial charge >= 0.3 is 6.18 Å². The summed E-state index contributed by atoms with van der Waals surface area (Å²) in [6.07, 6.45) is -4.18. The Kier molecular flexibility index (Phi) is 4.42. The maximum atomic E-state index is 12.6. The Hall–Kier alpha value is -1.04. The molecule has 0 spiro atoms. The number of carbonyl (C=O) groups excluding carboxylic acids is 1. The van der Waals surface area contributed by atoms with Gasteiger partial charge in [0.05, 0.1) is 11.5 Å². The summed E-state index contributed by atoms with van der Waals surface area (Å²) in [7, 11) is 0. The number of amides is 1. The lowest BCUT2D eigenvalue weighted by Crippen LogP contribution is -2.42. The van der Waals surface area contributed by atoms with Gasteiger partial charge in [0.15, 0.2) is 0 Å². The molecule has 1 aromatic rings. The summed E-state index contributed by atoms with van der Waals surface area (Å²) < 4.78 is 38.5. The second kappa shape index (κ2) is 5.76. The molecule has 110 valence electrons. The van der Waals surface area contributed by atoms with E-state index in [0.717, 1.165) is 5.56 Å². The predicted octanol–water partition coefficient (Wildman–Crippen LogP) is 4.17. The maximum absolute atomic E-state index is 12.6. The second-order valence-electron chi connectivity index (χ2n) is 5.09.